The molecule has 1 fully saturated rings. The molecule has 0 radical (unpaired) electrons. The average molecular weight is 303 g/mol. The SMILES string of the molecule is Brc1csc(CNCCN2CCCCC2)c1. The van der Waals surface area contributed by atoms with Crippen LogP contribution in [0.2, 0.25) is 0 Å². The molecule has 0 spiro atoms. The highest BCUT2D eigenvalue weighted by Crippen LogP contribution is 2.19. The molecule has 0 atom stereocenters. The van der Waals surface area contributed by atoms with Crippen molar-refractivity contribution in [1.29, 1.82) is 0 Å². The number of halogens is 1. The van der Waals surface area contributed by atoms with Gasteiger partial charge in [0, 0.05) is 34.4 Å². The summed E-state index contributed by atoms with van der Waals surface area (Å²) in [5.41, 5.74) is 0. The van der Waals surface area contributed by atoms with E-state index in [0.717, 1.165) is 13.1 Å². The van der Waals surface area contributed by atoms with E-state index in [0.29, 0.717) is 0 Å². The van der Waals surface area contributed by atoms with Gasteiger partial charge in [0.25, 0.3) is 0 Å². The number of likely N-dealkylation sites (tertiary alicyclic amines) is 1. The Morgan fingerprint density at radius 3 is 2.81 bits per heavy atom. The molecule has 1 saturated heterocycles. The van der Waals surface area contributed by atoms with Gasteiger partial charge < -0.3 is 10.2 Å². The third-order valence-corrected chi connectivity index (χ3v) is 4.67. The first-order chi connectivity index (χ1) is 7.84. The van der Waals surface area contributed by atoms with Crippen LogP contribution in [0.25, 0.3) is 0 Å². The second-order valence-electron chi connectivity index (χ2n) is 4.31. The van der Waals surface area contributed by atoms with Gasteiger partial charge in [0.2, 0.25) is 0 Å². The third-order valence-electron chi connectivity index (χ3n) is 2.97. The van der Waals surface area contributed by atoms with E-state index < -0.39 is 0 Å². The van der Waals surface area contributed by atoms with Gasteiger partial charge in [-0.3, -0.25) is 0 Å². The molecule has 0 amide bonds. The molecule has 1 N–H and O–H groups in total. The van der Waals surface area contributed by atoms with Gasteiger partial charge in [-0.15, -0.1) is 11.3 Å². The molecule has 0 aromatic carbocycles. The minimum atomic E-state index is 1.00. The minimum absolute atomic E-state index is 1.00. The Balaban J connectivity index is 1.57. The molecular formula is C12H19BrN2S. The van der Waals surface area contributed by atoms with Crippen LogP contribution in [0.1, 0.15) is 24.1 Å². The Bertz CT molecular complexity index is 308. The number of piperidine rings is 1. The van der Waals surface area contributed by atoms with Crippen LogP contribution in [0, 0.1) is 0 Å². The molecule has 1 aliphatic heterocycles. The van der Waals surface area contributed by atoms with Crippen LogP contribution >= 0.6 is 27.3 Å². The zero-order chi connectivity index (χ0) is 11.2. The van der Waals surface area contributed by atoms with Crippen molar-refractivity contribution in [3.05, 3.63) is 20.8 Å². The Hall–Kier alpha value is 0.1000. The first-order valence-electron chi connectivity index (χ1n) is 6.00. The van der Waals surface area contributed by atoms with Crippen molar-refractivity contribution in [1.82, 2.24) is 10.2 Å². The molecule has 1 aromatic heterocycles. The molecule has 2 rings (SSSR count). The molecule has 16 heavy (non-hydrogen) atoms. The number of nitrogens with zero attached hydrogens (tertiary/aromatic N) is 1. The highest BCUT2D eigenvalue weighted by atomic mass is 79.9. The predicted molar refractivity (Wildman–Crippen MR) is 74.0 cm³/mol. The lowest BCUT2D eigenvalue weighted by Crippen LogP contribution is -2.35. The third kappa shape index (κ3) is 4.17. The fraction of sp³-hybridized carbons (Fsp3) is 0.667. The van der Waals surface area contributed by atoms with E-state index in [2.05, 4.69) is 37.6 Å². The van der Waals surface area contributed by atoms with Crippen molar-refractivity contribution in [2.75, 3.05) is 26.2 Å². The molecule has 0 aliphatic carbocycles. The van der Waals surface area contributed by atoms with E-state index in [1.54, 1.807) is 0 Å². The lowest BCUT2D eigenvalue weighted by molar-refractivity contribution is 0.229. The summed E-state index contributed by atoms with van der Waals surface area (Å²) in [4.78, 5) is 3.98. The van der Waals surface area contributed by atoms with Crippen LogP contribution in [0.5, 0.6) is 0 Å². The van der Waals surface area contributed by atoms with Gasteiger partial charge >= 0.3 is 0 Å². The Morgan fingerprint density at radius 1 is 1.31 bits per heavy atom. The molecule has 0 unspecified atom stereocenters. The van der Waals surface area contributed by atoms with Crippen LogP contribution < -0.4 is 5.32 Å². The Morgan fingerprint density at radius 2 is 2.12 bits per heavy atom. The summed E-state index contributed by atoms with van der Waals surface area (Å²) in [6.07, 6.45) is 4.20. The molecule has 1 aliphatic rings. The van der Waals surface area contributed by atoms with E-state index in [4.69, 9.17) is 0 Å². The molecule has 0 saturated carbocycles. The highest BCUT2D eigenvalue weighted by molar-refractivity contribution is 9.10. The zero-order valence-corrected chi connectivity index (χ0v) is 11.9. The second-order valence-corrected chi connectivity index (χ2v) is 6.22. The summed E-state index contributed by atoms with van der Waals surface area (Å²) >= 11 is 5.29. The number of hydrogen-bond acceptors (Lipinski definition) is 3. The fourth-order valence-corrected chi connectivity index (χ4v) is 3.50. The van der Waals surface area contributed by atoms with Crippen LogP contribution in [0.4, 0.5) is 0 Å². The summed E-state index contributed by atoms with van der Waals surface area (Å²) in [5, 5.41) is 5.65. The maximum atomic E-state index is 3.51. The van der Waals surface area contributed by atoms with E-state index in [1.807, 2.05) is 11.3 Å². The topological polar surface area (TPSA) is 15.3 Å². The van der Waals surface area contributed by atoms with E-state index in [9.17, 15) is 0 Å². The van der Waals surface area contributed by atoms with E-state index >= 15 is 0 Å². The minimum Gasteiger partial charge on any atom is -0.311 e. The zero-order valence-electron chi connectivity index (χ0n) is 9.54. The van der Waals surface area contributed by atoms with Gasteiger partial charge in [0.1, 0.15) is 0 Å². The van der Waals surface area contributed by atoms with Crippen LogP contribution in [-0.2, 0) is 6.54 Å². The summed E-state index contributed by atoms with van der Waals surface area (Å²) in [6, 6.07) is 2.19. The van der Waals surface area contributed by atoms with E-state index in [1.165, 1.54) is 48.2 Å². The summed E-state index contributed by atoms with van der Waals surface area (Å²) in [5.74, 6) is 0. The molecule has 1 aromatic rings. The maximum Gasteiger partial charge on any atom is 0.0300 e. The normalized spacial score (nSPS) is 17.8. The van der Waals surface area contributed by atoms with Crippen LogP contribution in [-0.4, -0.2) is 31.1 Å². The van der Waals surface area contributed by atoms with Crippen LogP contribution in [0.15, 0.2) is 15.9 Å². The average Bonchev–Trinajstić information content (AvgIpc) is 2.72. The largest absolute Gasteiger partial charge is 0.311 e. The lowest BCUT2D eigenvalue weighted by atomic mass is 10.1. The number of hydrogen-bond donors (Lipinski definition) is 1. The number of rotatable bonds is 5. The molecule has 2 nitrogen and oxygen atoms in total. The van der Waals surface area contributed by atoms with Crippen molar-refractivity contribution >= 4 is 27.3 Å². The van der Waals surface area contributed by atoms with Crippen molar-refractivity contribution < 1.29 is 0 Å². The van der Waals surface area contributed by atoms with Crippen molar-refractivity contribution in [2.24, 2.45) is 0 Å². The van der Waals surface area contributed by atoms with Crippen molar-refractivity contribution in [2.45, 2.75) is 25.8 Å². The van der Waals surface area contributed by atoms with Gasteiger partial charge in [0.05, 0.1) is 0 Å². The van der Waals surface area contributed by atoms with Gasteiger partial charge in [0.15, 0.2) is 0 Å². The standard InChI is InChI=1S/C12H19BrN2S/c13-11-8-12(16-10-11)9-14-4-7-15-5-2-1-3-6-15/h8,10,14H,1-7,9H2. The van der Waals surface area contributed by atoms with Crippen LogP contribution in [0.3, 0.4) is 0 Å². The summed E-state index contributed by atoms with van der Waals surface area (Å²) in [7, 11) is 0. The first-order valence-corrected chi connectivity index (χ1v) is 7.68. The van der Waals surface area contributed by atoms with Gasteiger partial charge in [-0.05, 0) is 47.9 Å². The Labute approximate surface area is 110 Å². The highest BCUT2D eigenvalue weighted by Gasteiger charge is 2.08. The molecule has 2 heterocycles. The summed E-state index contributed by atoms with van der Waals surface area (Å²) in [6.45, 7) is 5.91. The van der Waals surface area contributed by atoms with E-state index in [-0.39, 0.29) is 0 Å². The van der Waals surface area contributed by atoms with Gasteiger partial charge in [-0.25, -0.2) is 0 Å². The van der Waals surface area contributed by atoms with Gasteiger partial charge in [-0.2, -0.15) is 0 Å². The smallest absolute Gasteiger partial charge is 0.0300 e. The first kappa shape index (κ1) is 12.6. The quantitative estimate of drug-likeness (QED) is 0.841. The molecule has 0 bridgehead atoms. The monoisotopic (exact) mass is 302 g/mol. The lowest BCUT2D eigenvalue weighted by Gasteiger charge is -2.26. The second kappa shape index (κ2) is 6.74. The summed E-state index contributed by atoms with van der Waals surface area (Å²) < 4.78 is 1.20. The molecule has 90 valence electrons. The maximum absolute atomic E-state index is 3.51. The molecular weight excluding hydrogens is 284 g/mol. The van der Waals surface area contributed by atoms with Crippen molar-refractivity contribution in [3.8, 4) is 0 Å². The number of thiophene rings is 1. The molecule has 4 heteroatoms. The fourth-order valence-electron chi connectivity index (χ4n) is 2.08. The predicted octanol–water partition coefficient (Wildman–Crippen LogP) is 3.09. The Kier molecular flexibility index (Phi) is 5.29. The number of nitrogens with one attached hydrogen (secondary N) is 1. The van der Waals surface area contributed by atoms with Gasteiger partial charge in [-0.1, -0.05) is 6.42 Å². The van der Waals surface area contributed by atoms with Crippen molar-refractivity contribution in [3.63, 3.8) is 0 Å².